The maximum Gasteiger partial charge on any atom is 0.407 e. The number of hydrogen-bond donors (Lipinski definition) is 1. The first-order valence-electron chi connectivity index (χ1n) is 5.27. The predicted molar refractivity (Wildman–Crippen MR) is 58.8 cm³/mol. The number of nitrogens with one attached hydrogen (secondary N) is 1. The minimum Gasteiger partial charge on any atom is -0.444 e. The first-order valence-corrected chi connectivity index (χ1v) is 5.27. The maximum absolute atomic E-state index is 11.2. The van der Waals surface area contributed by atoms with Crippen LogP contribution in [0.3, 0.4) is 0 Å². The number of ether oxygens (including phenoxy) is 1. The molecule has 15 heavy (non-hydrogen) atoms. The van der Waals surface area contributed by atoms with Crippen LogP contribution in [0.15, 0.2) is 0 Å². The van der Waals surface area contributed by atoms with Crippen LogP contribution in [0.2, 0.25) is 0 Å². The summed E-state index contributed by atoms with van der Waals surface area (Å²) in [7, 11) is 0. The molecule has 0 aromatic heterocycles. The van der Waals surface area contributed by atoms with Gasteiger partial charge in [0.15, 0.2) is 0 Å². The van der Waals surface area contributed by atoms with Crippen LogP contribution >= 0.6 is 0 Å². The molecule has 1 amide bonds. The molecule has 0 rings (SSSR count). The lowest BCUT2D eigenvalue weighted by Gasteiger charge is -2.19. The fraction of sp³-hybridized carbons (Fsp3) is 0.818. The summed E-state index contributed by atoms with van der Waals surface area (Å²) in [5.41, 5.74) is -0.455. The van der Waals surface area contributed by atoms with Gasteiger partial charge in [-0.05, 0) is 40.5 Å². The van der Waals surface area contributed by atoms with E-state index < -0.39 is 11.7 Å². The molecule has 0 spiro atoms. The van der Waals surface area contributed by atoms with Crippen LogP contribution in [0.25, 0.3) is 0 Å². The first-order chi connectivity index (χ1) is 6.81. The highest BCUT2D eigenvalue weighted by atomic mass is 16.6. The van der Waals surface area contributed by atoms with Crippen LogP contribution in [-0.4, -0.2) is 24.0 Å². The van der Waals surface area contributed by atoms with Gasteiger partial charge in [-0.1, -0.05) is 0 Å². The average molecular weight is 215 g/mol. The molecule has 0 bridgehead atoms. The van der Waals surface area contributed by atoms with E-state index in [4.69, 9.17) is 4.74 Å². The summed E-state index contributed by atoms with van der Waals surface area (Å²) in [5.74, 6) is 0.187. The SMILES string of the molecule is CC(=O)CCCCNC(=O)OC(C)(C)C. The van der Waals surface area contributed by atoms with Crippen LogP contribution in [0, 0.1) is 0 Å². The van der Waals surface area contributed by atoms with Crippen LogP contribution in [0.4, 0.5) is 4.79 Å². The third kappa shape index (κ3) is 10.9. The first kappa shape index (κ1) is 13.9. The lowest BCUT2D eigenvalue weighted by Crippen LogP contribution is -2.33. The van der Waals surface area contributed by atoms with Gasteiger partial charge in [-0.3, -0.25) is 0 Å². The minimum atomic E-state index is -0.455. The molecule has 0 aliphatic heterocycles. The van der Waals surface area contributed by atoms with Crippen molar-refractivity contribution >= 4 is 11.9 Å². The molecule has 0 aromatic carbocycles. The summed E-state index contributed by atoms with van der Waals surface area (Å²) < 4.78 is 5.05. The summed E-state index contributed by atoms with van der Waals surface area (Å²) >= 11 is 0. The Kier molecular flexibility index (Phi) is 5.97. The summed E-state index contributed by atoms with van der Waals surface area (Å²) in [6.45, 7) is 7.59. The predicted octanol–water partition coefficient (Wildman–Crippen LogP) is 2.27. The Morgan fingerprint density at radius 3 is 2.27 bits per heavy atom. The number of carbonyl (C=O) groups excluding carboxylic acids is 2. The second-order valence-corrected chi connectivity index (χ2v) is 4.59. The van der Waals surface area contributed by atoms with E-state index in [0.29, 0.717) is 13.0 Å². The molecule has 0 atom stereocenters. The second-order valence-electron chi connectivity index (χ2n) is 4.59. The Morgan fingerprint density at radius 1 is 1.20 bits per heavy atom. The third-order valence-corrected chi connectivity index (χ3v) is 1.62. The number of rotatable bonds is 5. The van der Waals surface area contributed by atoms with Gasteiger partial charge in [0.1, 0.15) is 11.4 Å². The van der Waals surface area contributed by atoms with Crippen molar-refractivity contribution in [2.75, 3.05) is 6.54 Å². The Hall–Kier alpha value is -1.06. The number of ketones is 1. The van der Waals surface area contributed by atoms with Gasteiger partial charge in [0, 0.05) is 13.0 Å². The van der Waals surface area contributed by atoms with Crippen molar-refractivity contribution in [1.29, 1.82) is 0 Å². The highest BCUT2D eigenvalue weighted by Gasteiger charge is 2.15. The van der Waals surface area contributed by atoms with Crippen LogP contribution in [0.1, 0.15) is 47.0 Å². The molecule has 88 valence electrons. The van der Waals surface area contributed by atoms with Crippen molar-refractivity contribution in [3.8, 4) is 0 Å². The van der Waals surface area contributed by atoms with Crippen molar-refractivity contribution in [2.45, 2.75) is 52.6 Å². The topological polar surface area (TPSA) is 55.4 Å². The fourth-order valence-corrected chi connectivity index (χ4v) is 1.00. The van der Waals surface area contributed by atoms with Crippen molar-refractivity contribution in [3.05, 3.63) is 0 Å². The molecule has 0 saturated carbocycles. The van der Waals surface area contributed by atoms with Crippen molar-refractivity contribution in [2.24, 2.45) is 0 Å². The van der Waals surface area contributed by atoms with Gasteiger partial charge in [0.05, 0.1) is 0 Å². The number of alkyl carbamates (subject to hydrolysis) is 1. The molecular weight excluding hydrogens is 194 g/mol. The van der Waals surface area contributed by atoms with E-state index >= 15 is 0 Å². The highest BCUT2D eigenvalue weighted by molar-refractivity contribution is 5.75. The monoisotopic (exact) mass is 215 g/mol. The Balaban J connectivity index is 3.44. The molecule has 0 unspecified atom stereocenters. The second kappa shape index (κ2) is 6.43. The van der Waals surface area contributed by atoms with Gasteiger partial charge in [-0.15, -0.1) is 0 Å². The molecule has 1 N–H and O–H groups in total. The Bertz CT molecular complexity index is 218. The number of amides is 1. The Morgan fingerprint density at radius 2 is 1.80 bits per heavy atom. The molecule has 4 heteroatoms. The third-order valence-electron chi connectivity index (χ3n) is 1.62. The largest absolute Gasteiger partial charge is 0.444 e. The van der Waals surface area contributed by atoms with Gasteiger partial charge in [0.2, 0.25) is 0 Å². The van der Waals surface area contributed by atoms with E-state index in [0.717, 1.165) is 12.8 Å². The van der Waals surface area contributed by atoms with Crippen LogP contribution in [0.5, 0.6) is 0 Å². The van der Waals surface area contributed by atoms with Gasteiger partial charge in [0.25, 0.3) is 0 Å². The fourth-order valence-electron chi connectivity index (χ4n) is 1.00. The van der Waals surface area contributed by atoms with Gasteiger partial charge in [-0.25, -0.2) is 4.79 Å². The van der Waals surface area contributed by atoms with Gasteiger partial charge in [-0.2, -0.15) is 0 Å². The molecule has 0 heterocycles. The van der Waals surface area contributed by atoms with E-state index in [1.807, 2.05) is 20.8 Å². The zero-order chi connectivity index (χ0) is 11.9. The number of hydrogen-bond acceptors (Lipinski definition) is 3. The molecule has 0 saturated heterocycles. The summed E-state index contributed by atoms with van der Waals surface area (Å²) in [5, 5.41) is 2.64. The van der Waals surface area contributed by atoms with Crippen LogP contribution in [-0.2, 0) is 9.53 Å². The molecule has 0 aliphatic carbocycles. The number of unbranched alkanes of at least 4 members (excludes halogenated alkanes) is 1. The van der Waals surface area contributed by atoms with Crippen LogP contribution < -0.4 is 5.32 Å². The van der Waals surface area contributed by atoms with Gasteiger partial charge >= 0.3 is 6.09 Å². The van der Waals surface area contributed by atoms with Crippen molar-refractivity contribution in [3.63, 3.8) is 0 Å². The quantitative estimate of drug-likeness (QED) is 0.716. The lowest BCUT2D eigenvalue weighted by atomic mass is 10.2. The van der Waals surface area contributed by atoms with E-state index in [9.17, 15) is 9.59 Å². The summed E-state index contributed by atoms with van der Waals surface area (Å²) in [4.78, 5) is 21.8. The van der Waals surface area contributed by atoms with E-state index in [1.165, 1.54) is 0 Å². The lowest BCUT2D eigenvalue weighted by molar-refractivity contribution is -0.117. The van der Waals surface area contributed by atoms with Crippen molar-refractivity contribution in [1.82, 2.24) is 5.32 Å². The standard InChI is InChI=1S/C11H21NO3/c1-9(13)7-5-6-8-12-10(14)15-11(2,3)4/h5-8H2,1-4H3,(H,12,14). The average Bonchev–Trinajstić information content (AvgIpc) is 1.99. The molecular formula is C11H21NO3. The zero-order valence-corrected chi connectivity index (χ0v) is 10.1. The molecule has 0 aromatic rings. The number of carbonyl (C=O) groups is 2. The molecule has 0 radical (unpaired) electrons. The van der Waals surface area contributed by atoms with E-state index in [-0.39, 0.29) is 5.78 Å². The molecule has 0 fully saturated rings. The smallest absolute Gasteiger partial charge is 0.407 e. The Labute approximate surface area is 91.4 Å². The molecule has 4 nitrogen and oxygen atoms in total. The highest BCUT2D eigenvalue weighted by Crippen LogP contribution is 2.06. The minimum absolute atomic E-state index is 0.187. The number of Topliss-reactive ketones (excluding diaryl/α,β-unsaturated/α-hetero) is 1. The van der Waals surface area contributed by atoms with E-state index in [1.54, 1.807) is 6.92 Å². The van der Waals surface area contributed by atoms with E-state index in [2.05, 4.69) is 5.32 Å². The summed E-state index contributed by atoms with van der Waals surface area (Å²) in [6.07, 6.45) is 1.80. The van der Waals surface area contributed by atoms with Crippen molar-refractivity contribution < 1.29 is 14.3 Å². The normalized spacial score (nSPS) is 10.9. The molecule has 0 aliphatic rings. The summed E-state index contributed by atoms with van der Waals surface area (Å²) in [6, 6.07) is 0. The van der Waals surface area contributed by atoms with Gasteiger partial charge < -0.3 is 14.8 Å². The maximum atomic E-state index is 11.2. The zero-order valence-electron chi connectivity index (χ0n) is 10.1.